The van der Waals surface area contributed by atoms with E-state index in [0.29, 0.717) is 25.2 Å². The Morgan fingerprint density at radius 3 is 1.58 bits per heavy atom. The molecule has 2 bridgehead atoms. The molecule has 3 saturated heterocycles. The van der Waals surface area contributed by atoms with Crippen LogP contribution < -0.4 is 10.6 Å². The van der Waals surface area contributed by atoms with Crippen LogP contribution in [0.25, 0.3) is 33.6 Å². The zero-order valence-electron chi connectivity index (χ0n) is 35.6. The highest BCUT2D eigenvalue weighted by molar-refractivity contribution is 5.87. The van der Waals surface area contributed by atoms with Gasteiger partial charge in [-0.15, -0.1) is 0 Å². The molecule has 4 aliphatic rings. The van der Waals surface area contributed by atoms with Crippen molar-refractivity contribution >= 4 is 24.0 Å². The van der Waals surface area contributed by atoms with E-state index in [-0.39, 0.29) is 35.7 Å². The molecule has 318 valence electrons. The van der Waals surface area contributed by atoms with E-state index in [1.54, 1.807) is 0 Å². The van der Waals surface area contributed by atoms with E-state index < -0.39 is 24.3 Å². The van der Waals surface area contributed by atoms with Crippen LogP contribution in [-0.2, 0) is 19.1 Å². The Morgan fingerprint density at radius 1 is 0.633 bits per heavy atom. The standard InChI is InChI=1S/C45H57N9O6/c1-24(2)38(50-44(57)59-6)42(55)53-20-8-10-34(53)40-46-22-30(48-40)27-14-12-26(13-15-27)28-16-17-29(37-33-19-18-32(36(28)37)52(33)5)31-23-47-41(49-31)35-11-9-21-54(35)43(56)39(25(3)4)51-45(58)60-7/h12-17,22-25,32-35,38-39H,8-11,18-21H2,1-7H3,(H,46,48)(H,47,49)(H,50,57)(H,51,58)/t32?,33?,34?,35?,38-,39-/m0/s1. The molecular weight excluding hydrogens is 763 g/mol. The van der Waals surface area contributed by atoms with Crippen molar-refractivity contribution in [3.05, 3.63) is 71.6 Å². The summed E-state index contributed by atoms with van der Waals surface area (Å²) in [4.78, 5) is 74.5. The number of hydrogen-bond donors (Lipinski definition) is 4. The molecule has 15 heteroatoms. The molecule has 4 N–H and O–H groups in total. The third-order valence-electron chi connectivity index (χ3n) is 13.1. The number of aromatic amines is 2. The molecule has 0 spiro atoms. The molecule has 4 unspecified atom stereocenters. The monoisotopic (exact) mass is 819 g/mol. The summed E-state index contributed by atoms with van der Waals surface area (Å²) in [6, 6.07) is 11.8. The molecule has 4 amide bonds. The minimum atomic E-state index is -0.692. The van der Waals surface area contributed by atoms with Crippen LogP contribution in [0.5, 0.6) is 0 Å². The van der Waals surface area contributed by atoms with Gasteiger partial charge in [0, 0.05) is 30.7 Å². The Labute approximate surface area is 351 Å². The van der Waals surface area contributed by atoms with Crippen molar-refractivity contribution in [2.75, 3.05) is 34.4 Å². The fourth-order valence-electron chi connectivity index (χ4n) is 9.99. The van der Waals surface area contributed by atoms with Gasteiger partial charge in [-0.2, -0.15) is 0 Å². The number of H-pyrrole nitrogens is 2. The summed E-state index contributed by atoms with van der Waals surface area (Å²) in [7, 11) is 4.82. The van der Waals surface area contributed by atoms with Gasteiger partial charge in [-0.05, 0) is 85.2 Å². The van der Waals surface area contributed by atoms with Gasteiger partial charge in [0.15, 0.2) is 0 Å². The van der Waals surface area contributed by atoms with Crippen LogP contribution in [0.1, 0.15) is 113 Å². The summed E-state index contributed by atoms with van der Waals surface area (Å²) in [5.41, 5.74) is 9.00. The van der Waals surface area contributed by atoms with Crippen molar-refractivity contribution in [1.82, 2.24) is 45.3 Å². The van der Waals surface area contributed by atoms with Crippen molar-refractivity contribution in [3.8, 4) is 33.6 Å². The molecule has 6 heterocycles. The van der Waals surface area contributed by atoms with Crippen LogP contribution in [0.2, 0.25) is 0 Å². The van der Waals surface area contributed by atoms with Gasteiger partial charge in [0.1, 0.15) is 23.7 Å². The van der Waals surface area contributed by atoms with Gasteiger partial charge in [-0.25, -0.2) is 19.6 Å². The molecule has 15 nitrogen and oxygen atoms in total. The van der Waals surface area contributed by atoms with Gasteiger partial charge < -0.3 is 39.9 Å². The number of ether oxygens (including phenoxy) is 2. The van der Waals surface area contributed by atoms with Gasteiger partial charge >= 0.3 is 12.2 Å². The first-order valence-corrected chi connectivity index (χ1v) is 21.3. The number of likely N-dealkylation sites (tertiary alicyclic amines) is 2. The minimum Gasteiger partial charge on any atom is -0.453 e. The minimum absolute atomic E-state index is 0.107. The lowest BCUT2D eigenvalue weighted by atomic mass is 9.82. The van der Waals surface area contributed by atoms with Gasteiger partial charge in [0.05, 0.1) is 50.1 Å². The van der Waals surface area contributed by atoms with E-state index in [4.69, 9.17) is 19.4 Å². The number of nitrogens with one attached hydrogen (secondary N) is 4. The third kappa shape index (κ3) is 7.41. The number of rotatable bonds is 11. The molecule has 2 aromatic carbocycles. The van der Waals surface area contributed by atoms with Gasteiger partial charge in [0.25, 0.3) is 0 Å². The van der Waals surface area contributed by atoms with E-state index in [9.17, 15) is 19.2 Å². The van der Waals surface area contributed by atoms with Crippen LogP contribution >= 0.6 is 0 Å². The van der Waals surface area contributed by atoms with Crippen LogP contribution in [-0.4, -0.2) is 105 Å². The van der Waals surface area contributed by atoms with Crippen LogP contribution in [0.4, 0.5) is 9.59 Å². The number of alkyl carbamates (subject to hydrolysis) is 2. The predicted octanol–water partition coefficient (Wildman–Crippen LogP) is 7.04. The number of nitrogens with zero attached hydrogens (tertiary/aromatic N) is 5. The van der Waals surface area contributed by atoms with Crippen LogP contribution in [0.15, 0.2) is 48.8 Å². The maximum atomic E-state index is 13.8. The summed E-state index contributed by atoms with van der Waals surface area (Å²) < 4.78 is 9.60. The zero-order valence-corrected chi connectivity index (χ0v) is 35.6. The summed E-state index contributed by atoms with van der Waals surface area (Å²) in [5.74, 6) is 1.01. The maximum absolute atomic E-state index is 13.8. The summed E-state index contributed by atoms with van der Waals surface area (Å²) in [6.07, 6.45) is 7.96. The van der Waals surface area contributed by atoms with Crippen molar-refractivity contribution in [3.63, 3.8) is 0 Å². The highest BCUT2D eigenvalue weighted by Crippen LogP contribution is 2.57. The molecule has 0 radical (unpaired) electrons. The average Bonchev–Trinajstić information content (AvgIpc) is 4.12. The highest BCUT2D eigenvalue weighted by atomic mass is 16.5. The topological polar surface area (TPSA) is 178 Å². The first-order valence-electron chi connectivity index (χ1n) is 21.3. The quantitative estimate of drug-likeness (QED) is 0.124. The number of amides is 4. The molecule has 6 atom stereocenters. The second-order valence-electron chi connectivity index (χ2n) is 17.3. The van der Waals surface area contributed by atoms with E-state index in [1.165, 1.54) is 30.9 Å². The Kier molecular flexibility index (Phi) is 11.5. The first kappa shape index (κ1) is 41.1. The summed E-state index contributed by atoms with van der Waals surface area (Å²) >= 11 is 0. The van der Waals surface area contributed by atoms with E-state index in [0.717, 1.165) is 78.3 Å². The normalized spacial score (nSPS) is 22.0. The summed E-state index contributed by atoms with van der Waals surface area (Å²) in [5, 5.41) is 5.45. The molecule has 0 aliphatic carbocycles. The van der Waals surface area contributed by atoms with Crippen LogP contribution in [0.3, 0.4) is 0 Å². The number of aromatic nitrogens is 4. The second-order valence-corrected chi connectivity index (χ2v) is 17.3. The molecule has 4 aromatic rings. The number of carbonyl (C=O) groups is 4. The molecule has 60 heavy (non-hydrogen) atoms. The van der Waals surface area contributed by atoms with Crippen LogP contribution in [0, 0.1) is 11.8 Å². The van der Waals surface area contributed by atoms with Crippen molar-refractivity contribution in [2.24, 2.45) is 11.8 Å². The lowest BCUT2D eigenvalue weighted by molar-refractivity contribution is -0.136. The average molecular weight is 820 g/mol. The van der Waals surface area contributed by atoms with E-state index in [2.05, 4.69) is 68.9 Å². The van der Waals surface area contributed by atoms with Gasteiger partial charge in [0.2, 0.25) is 11.8 Å². The SMILES string of the molecule is COC(=O)N[C@H](C(=O)N1CCCC1c1ncc(-c2ccc(-c3ccc(-c4cnc(C5CCCN5C(=O)[C@@H](NC(=O)OC)C(C)C)[nH]4)c4c3C3CCC4N3C)cc2)[nH]1)C(C)C. The van der Waals surface area contributed by atoms with Gasteiger partial charge in [-0.1, -0.05) is 64.1 Å². The molecule has 2 aromatic heterocycles. The Bertz CT molecular complexity index is 2250. The number of fused-ring (bicyclic) bond motifs is 5. The van der Waals surface area contributed by atoms with E-state index >= 15 is 0 Å². The first-order chi connectivity index (χ1) is 28.9. The third-order valence-corrected chi connectivity index (χ3v) is 13.1. The molecule has 8 rings (SSSR count). The molecule has 0 saturated carbocycles. The van der Waals surface area contributed by atoms with E-state index in [1.807, 2.05) is 49.9 Å². The number of carbonyl (C=O) groups excluding carboxylic acids is 4. The van der Waals surface area contributed by atoms with Crippen molar-refractivity contribution in [2.45, 2.75) is 102 Å². The fraction of sp³-hybridized carbons (Fsp3) is 0.511. The smallest absolute Gasteiger partial charge is 0.407 e. The molecular formula is C45H57N9O6. The lowest BCUT2D eigenvalue weighted by Crippen LogP contribution is -2.51. The second kappa shape index (κ2) is 16.7. The van der Waals surface area contributed by atoms with Crippen molar-refractivity contribution < 1.29 is 28.7 Å². The Morgan fingerprint density at radius 2 is 1.08 bits per heavy atom. The molecule has 4 aliphatic heterocycles. The number of hydrogen-bond acceptors (Lipinski definition) is 9. The lowest BCUT2D eigenvalue weighted by Gasteiger charge is -2.30. The Balaban J connectivity index is 1.03. The largest absolute Gasteiger partial charge is 0.453 e. The maximum Gasteiger partial charge on any atom is 0.407 e. The highest BCUT2D eigenvalue weighted by Gasteiger charge is 2.45. The fourth-order valence-corrected chi connectivity index (χ4v) is 9.99. The molecule has 3 fully saturated rings. The number of benzene rings is 2. The number of imidazole rings is 2. The predicted molar refractivity (Wildman–Crippen MR) is 225 cm³/mol. The summed E-state index contributed by atoms with van der Waals surface area (Å²) in [6.45, 7) is 8.85. The van der Waals surface area contributed by atoms with Crippen molar-refractivity contribution in [1.29, 1.82) is 0 Å². The zero-order chi connectivity index (χ0) is 42.4. The Hall–Kier alpha value is -5.70. The number of methoxy groups -OCH3 is 2. The van der Waals surface area contributed by atoms with Gasteiger partial charge in [-0.3, -0.25) is 14.5 Å².